The van der Waals surface area contributed by atoms with E-state index in [-0.39, 0.29) is 0 Å². The van der Waals surface area contributed by atoms with E-state index in [0.717, 1.165) is 44.5 Å². The van der Waals surface area contributed by atoms with Crippen molar-refractivity contribution in [3.05, 3.63) is 42.4 Å². The number of rotatable bonds is 9. The summed E-state index contributed by atoms with van der Waals surface area (Å²) >= 11 is 0. The smallest absolute Gasteiger partial charge is 0.110 e. The summed E-state index contributed by atoms with van der Waals surface area (Å²) in [6.45, 7) is 6.38. The van der Waals surface area contributed by atoms with Gasteiger partial charge in [-0.15, -0.1) is 0 Å². The summed E-state index contributed by atoms with van der Waals surface area (Å²) in [6.07, 6.45) is 9.88. The third-order valence-electron chi connectivity index (χ3n) is 3.51. The van der Waals surface area contributed by atoms with E-state index in [1.165, 1.54) is 5.82 Å². The highest BCUT2D eigenvalue weighted by molar-refractivity contribution is 5.00. The molecule has 1 unspecified atom stereocenters. The van der Waals surface area contributed by atoms with Gasteiger partial charge in [0.25, 0.3) is 0 Å². The number of hydrogen-bond acceptors (Lipinski definition) is 3. The van der Waals surface area contributed by atoms with Gasteiger partial charge < -0.3 is 14.3 Å². The Labute approximate surface area is 121 Å². The molecule has 0 aliphatic heterocycles. The number of nitrogens with zero attached hydrogens (tertiary/aromatic N) is 2. The summed E-state index contributed by atoms with van der Waals surface area (Å²) in [5, 5.41) is 3.56. The predicted molar refractivity (Wildman–Crippen MR) is 80.7 cm³/mol. The Hall–Kier alpha value is -1.55. The molecule has 0 amide bonds. The van der Waals surface area contributed by atoms with E-state index in [1.54, 1.807) is 6.26 Å². The molecule has 0 spiro atoms. The summed E-state index contributed by atoms with van der Waals surface area (Å²) < 4.78 is 7.67. The summed E-state index contributed by atoms with van der Waals surface area (Å²) in [4.78, 5) is 4.50. The van der Waals surface area contributed by atoms with Gasteiger partial charge >= 0.3 is 0 Å². The lowest BCUT2D eigenvalue weighted by atomic mass is 10.1. The van der Waals surface area contributed by atoms with E-state index in [4.69, 9.17) is 4.42 Å². The Kier molecular flexibility index (Phi) is 5.87. The van der Waals surface area contributed by atoms with Crippen LogP contribution in [0.1, 0.15) is 38.3 Å². The van der Waals surface area contributed by atoms with Gasteiger partial charge in [0.15, 0.2) is 0 Å². The van der Waals surface area contributed by atoms with Crippen LogP contribution < -0.4 is 5.32 Å². The van der Waals surface area contributed by atoms with Crippen molar-refractivity contribution >= 4 is 0 Å². The SMILES string of the molecule is CCCn1ccnc1CC(CCc1ccco1)NCC. The maximum atomic E-state index is 5.41. The molecule has 2 heterocycles. The van der Waals surface area contributed by atoms with Gasteiger partial charge in [-0.05, 0) is 31.5 Å². The number of aromatic nitrogens is 2. The fourth-order valence-electron chi connectivity index (χ4n) is 2.53. The Balaban J connectivity index is 1.92. The second-order valence-corrected chi connectivity index (χ2v) is 5.11. The molecule has 0 aliphatic carbocycles. The molecule has 110 valence electrons. The van der Waals surface area contributed by atoms with Crippen LogP contribution in [0.3, 0.4) is 0 Å². The molecule has 0 saturated carbocycles. The zero-order valence-electron chi connectivity index (χ0n) is 12.5. The van der Waals surface area contributed by atoms with Crippen molar-refractivity contribution < 1.29 is 4.42 Å². The van der Waals surface area contributed by atoms with E-state index < -0.39 is 0 Å². The molecule has 0 bridgehead atoms. The van der Waals surface area contributed by atoms with Crippen LogP contribution in [-0.2, 0) is 19.4 Å². The number of hydrogen-bond donors (Lipinski definition) is 1. The quantitative estimate of drug-likeness (QED) is 0.765. The normalized spacial score (nSPS) is 12.7. The minimum Gasteiger partial charge on any atom is -0.469 e. The standard InChI is InChI=1S/C16H25N3O/c1-3-10-19-11-9-18-16(19)13-14(17-4-2)7-8-15-6-5-12-20-15/h5-6,9,11-12,14,17H,3-4,7-8,10,13H2,1-2H3. The van der Waals surface area contributed by atoms with E-state index in [1.807, 2.05) is 18.3 Å². The maximum Gasteiger partial charge on any atom is 0.110 e. The van der Waals surface area contributed by atoms with Gasteiger partial charge in [0.05, 0.1) is 6.26 Å². The zero-order valence-corrected chi connectivity index (χ0v) is 12.5. The largest absolute Gasteiger partial charge is 0.469 e. The molecule has 1 N–H and O–H groups in total. The number of imidazole rings is 1. The first-order valence-corrected chi connectivity index (χ1v) is 7.59. The summed E-state index contributed by atoms with van der Waals surface area (Å²) in [5.74, 6) is 2.24. The molecule has 4 nitrogen and oxygen atoms in total. The lowest BCUT2D eigenvalue weighted by Gasteiger charge is -2.17. The van der Waals surface area contributed by atoms with Crippen LogP contribution in [0, 0.1) is 0 Å². The topological polar surface area (TPSA) is 43.0 Å². The molecule has 0 saturated heterocycles. The number of nitrogens with one attached hydrogen (secondary N) is 1. The Morgan fingerprint density at radius 1 is 1.40 bits per heavy atom. The minimum atomic E-state index is 0.447. The Bertz CT molecular complexity index is 476. The Morgan fingerprint density at radius 2 is 2.30 bits per heavy atom. The Morgan fingerprint density at radius 3 is 3.00 bits per heavy atom. The molecular formula is C16H25N3O. The van der Waals surface area contributed by atoms with Gasteiger partial charge in [-0.1, -0.05) is 13.8 Å². The van der Waals surface area contributed by atoms with E-state index >= 15 is 0 Å². The zero-order chi connectivity index (χ0) is 14.2. The van der Waals surface area contributed by atoms with Crippen LogP contribution in [0.25, 0.3) is 0 Å². The van der Waals surface area contributed by atoms with Crippen molar-refractivity contribution in [1.82, 2.24) is 14.9 Å². The van der Waals surface area contributed by atoms with E-state index in [9.17, 15) is 0 Å². The van der Waals surface area contributed by atoms with Crippen LogP contribution in [0.5, 0.6) is 0 Å². The molecule has 2 aromatic heterocycles. The maximum absolute atomic E-state index is 5.41. The van der Waals surface area contributed by atoms with Crippen LogP contribution in [0.15, 0.2) is 35.2 Å². The lowest BCUT2D eigenvalue weighted by molar-refractivity contribution is 0.437. The van der Waals surface area contributed by atoms with Gasteiger partial charge in [0.1, 0.15) is 11.6 Å². The molecule has 2 aromatic rings. The molecule has 0 fully saturated rings. The van der Waals surface area contributed by atoms with Crippen LogP contribution in [0.2, 0.25) is 0 Å². The molecule has 0 aromatic carbocycles. The van der Waals surface area contributed by atoms with Gasteiger partial charge in [-0.25, -0.2) is 4.98 Å². The monoisotopic (exact) mass is 275 g/mol. The van der Waals surface area contributed by atoms with Crippen molar-refractivity contribution in [2.24, 2.45) is 0 Å². The number of aryl methyl sites for hydroxylation is 2. The predicted octanol–water partition coefficient (Wildman–Crippen LogP) is 3.04. The molecule has 0 aliphatic rings. The first-order valence-electron chi connectivity index (χ1n) is 7.59. The fraction of sp³-hybridized carbons (Fsp3) is 0.562. The fourth-order valence-corrected chi connectivity index (χ4v) is 2.53. The number of furan rings is 1. The van der Waals surface area contributed by atoms with Gasteiger partial charge in [0, 0.05) is 37.8 Å². The lowest BCUT2D eigenvalue weighted by Crippen LogP contribution is -2.32. The third-order valence-corrected chi connectivity index (χ3v) is 3.51. The van der Waals surface area contributed by atoms with Crippen LogP contribution in [-0.4, -0.2) is 22.1 Å². The molecular weight excluding hydrogens is 250 g/mol. The highest BCUT2D eigenvalue weighted by Gasteiger charge is 2.13. The first-order chi connectivity index (χ1) is 9.83. The molecule has 20 heavy (non-hydrogen) atoms. The summed E-state index contributed by atoms with van der Waals surface area (Å²) in [5.41, 5.74) is 0. The third kappa shape index (κ3) is 4.23. The second-order valence-electron chi connectivity index (χ2n) is 5.11. The molecule has 2 rings (SSSR count). The van der Waals surface area contributed by atoms with Crippen molar-refractivity contribution in [2.75, 3.05) is 6.54 Å². The average molecular weight is 275 g/mol. The van der Waals surface area contributed by atoms with Crippen molar-refractivity contribution in [2.45, 2.75) is 52.1 Å². The van der Waals surface area contributed by atoms with E-state index in [2.05, 4.69) is 34.9 Å². The first kappa shape index (κ1) is 14.9. The second kappa shape index (κ2) is 7.90. The minimum absolute atomic E-state index is 0.447. The van der Waals surface area contributed by atoms with Crippen molar-refractivity contribution in [3.8, 4) is 0 Å². The number of likely N-dealkylation sites (N-methyl/N-ethyl adjacent to an activating group) is 1. The van der Waals surface area contributed by atoms with Gasteiger partial charge in [-0.3, -0.25) is 0 Å². The van der Waals surface area contributed by atoms with Gasteiger partial charge in [-0.2, -0.15) is 0 Å². The molecule has 0 radical (unpaired) electrons. The van der Waals surface area contributed by atoms with Crippen molar-refractivity contribution in [3.63, 3.8) is 0 Å². The highest BCUT2D eigenvalue weighted by Crippen LogP contribution is 2.10. The summed E-state index contributed by atoms with van der Waals surface area (Å²) in [6, 6.07) is 4.44. The van der Waals surface area contributed by atoms with Gasteiger partial charge in [0.2, 0.25) is 0 Å². The van der Waals surface area contributed by atoms with Crippen LogP contribution >= 0.6 is 0 Å². The average Bonchev–Trinajstić information content (AvgIpc) is 3.09. The highest BCUT2D eigenvalue weighted by atomic mass is 16.3. The van der Waals surface area contributed by atoms with Crippen molar-refractivity contribution in [1.29, 1.82) is 0 Å². The van der Waals surface area contributed by atoms with Crippen LogP contribution in [0.4, 0.5) is 0 Å². The molecule has 1 atom stereocenters. The molecule has 4 heteroatoms. The summed E-state index contributed by atoms with van der Waals surface area (Å²) in [7, 11) is 0. The van der Waals surface area contributed by atoms with E-state index in [0.29, 0.717) is 6.04 Å².